The SMILES string of the molecule is N#Cc1cccc(NCC(=O)Nc2ccc(SC(F)F)cc2)c1. The van der Waals surface area contributed by atoms with Crippen LogP contribution in [-0.4, -0.2) is 18.2 Å². The Hall–Kier alpha value is -2.59. The number of hydrogen-bond donors (Lipinski definition) is 2. The molecule has 0 fully saturated rings. The van der Waals surface area contributed by atoms with Crippen LogP contribution in [0.4, 0.5) is 20.2 Å². The molecule has 7 heteroatoms. The number of amides is 1. The van der Waals surface area contributed by atoms with E-state index >= 15 is 0 Å². The number of thioether (sulfide) groups is 1. The molecule has 4 nitrogen and oxygen atoms in total. The van der Waals surface area contributed by atoms with Crippen LogP contribution >= 0.6 is 11.8 Å². The number of nitrogens with one attached hydrogen (secondary N) is 2. The molecular formula is C16H13F2N3OS. The first-order valence-electron chi connectivity index (χ1n) is 6.65. The molecule has 0 aliphatic heterocycles. The van der Waals surface area contributed by atoms with Gasteiger partial charge in [-0.05, 0) is 42.5 Å². The first-order chi connectivity index (χ1) is 11.1. The summed E-state index contributed by atoms with van der Waals surface area (Å²) in [6.07, 6.45) is 0. The number of rotatable bonds is 6. The van der Waals surface area contributed by atoms with E-state index in [4.69, 9.17) is 5.26 Å². The first-order valence-corrected chi connectivity index (χ1v) is 7.53. The van der Waals surface area contributed by atoms with Crippen molar-refractivity contribution in [2.45, 2.75) is 10.7 Å². The zero-order valence-electron chi connectivity index (χ0n) is 11.9. The van der Waals surface area contributed by atoms with Crippen molar-refractivity contribution in [2.75, 3.05) is 17.2 Å². The summed E-state index contributed by atoms with van der Waals surface area (Å²) >= 11 is 0.452. The molecule has 0 spiro atoms. The Bertz CT molecular complexity index is 714. The zero-order valence-corrected chi connectivity index (χ0v) is 12.7. The number of alkyl halides is 2. The van der Waals surface area contributed by atoms with Crippen LogP contribution < -0.4 is 10.6 Å². The molecular weight excluding hydrogens is 320 g/mol. The molecule has 0 aromatic heterocycles. The third-order valence-corrected chi connectivity index (χ3v) is 3.53. The molecule has 0 unspecified atom stereocenters. The third kappa shape index (κ3) is 5.60. The Kier molecular flexibility index (Phi) is 5.94. The fourth-order valence-electron chi connectivity index (χ4n) is 1.81. The molecule has 0 saturated heterocycles. The third-order valence-electron chi connectivity index (χ3n) is 2.81. The smallest absolute Gasteiger partial charge is 0.288 e. The maximum absolute atomic E-state index is 12.2. The van der Waals surface area contributed by atoms with Gasteiger partial charge in [-0.3, -0.25) is 4.79 Å². The highest BCUT2D eigenvalue weighted by Crippen LogP contribution is 2.26. The normalized spacial score (nSPS) is 10.2. The number of nitrogens with zero attached hydrogens (tertiary/aromatic N) is 1. The van der Waals surface area contributed by atoms with Crippen molar-refractivity contribution in [1.29, 1.82) is 5.26 Å². The Morgan fingerprint density at radius 1 is 1.17 bits per heavy atom. The van der Waals surface area contributed by atoms with E-state index in [0.717, 1.165) is 0 Å². The second kappa shape index (κ2) is 8.15. The average molecular weight is 333 g/mol. The van der Waals surface area contributed by atoms with Gasteiger partial charge in [-0.1, -0.05) is 17.8 Å². The Morgan fingerprint density at radius 2 is 1.91 bits per heavy atom. The fraction of sp³-hybridized carbons (Fsp3) is 0.125. The van der Waals surface area contributed by atoms with Gasteiger partial charge in [0.2, 0.25) is 5.91 Å². The highest BCUT2D eigenvalue weighted by molar-refractivity contribution is 7.99. The van der Waals surface area contributed by atoms with Gasteiger partial charge in [-0.15, -0.1) is 0 Å². The van der Waals surface area contributed by atoms with E-state index in [1.165, 1.54) is 12.1 Å². The highest BCUT2D eigenvalue weighted by Gasteiger charge is 2.06. The lowest BCUT2D eigenvalue weighted by Gasteiger charge is -2.08. The fourth-order valence-corrected chi connectivity index (χ4v) is 2.30. The number of carbonyl (C=O) groups excluding carboxylic acids is 1. The lowest BCUT2D eigenvalue weighted by atomic mass is 10.2. The molecule has 23 heavy (non-hydrogen) atoms. The van der Waals surface area contributed by atoms with Crippen LogP contribution in [0.15, 0.2) is 53.4 Å². The van der Waals surface area contributed by atoms with Crippen molar-refractivity contribution in [3.05, 3.63) is 54.1 Å². The molecule has 118 valence electrons. The summed E-state index contributed by atoms with van der Waals surface area (Å²) in [6, 6.07) is 15.0. The number of anilines is 2. The van der Waals surface area contributed by atoms with E-state index in [0.29, 0.717) is 33.6 Å². The predicted octanol–water partition coefficient (Wildman–Crippen LogP) is 3.92. The quantitative estimate of drug-likeness (QED) is 0.786. The van der Waals surface area contributed by atoms with Crippen LogP contribution in [0.25, 0.3) is 0 Å². The van der Waals surface area contributed by atoms with Crippen LogP contribution in [-0.2, 0) is 4.79 Å². The van der Waals surface area contributed by atoms with Gasteiger partial charge in [0.05, 0.1) is 18.2 Å². The van der Waals surface area contributed by atoms with Crippen molar-refractivity contribution >= 4 is 29.0 Å². The summed E-state index contributed by atoms with van der Waals surface area (Å²) in [4.78, 5) is 12.3. The minimum Gasteiger partial charge on any atom is -0.376 e. The van der Waals surface area contributed by atoms with Crippen molar-refractivity contribution in [3.8, 4) is 6.07 Å². The zero-order chi connectivity index (χ0) is 16.7. The average Bonchev–Trinajstić information content (AvgIpc) is 2.54. The molecule has 1 amide bonds. The van der Waals surface area contributed by atoms with Crippen molar-refractivity contribution in [1.82, 2.24) is 0 Å². The maximum atomic E-state index is 12.2. The number of benzene rings is 2. The molecule has 2 rings (SSSR count). The summed E-state index contributed by atoms with van der Waals surface area (Å²) in [5.41, 5.74) is 1.70. The first kappa shape index (κ1) is 16.8. The second-order valence-corrected chi connectivity index (χ2v) is 5.56. The van der Waals surface area contributed by atoms with Crippen molar-refractivity contribution in [3.63, 3.8) is 0 Å². The van der Waals surface area contributed by atoms with E-state index in [2.05, 4.69) is 10.6 Å². The van der Waals surface area contributed by atoms with Crippen LogP contribution in [0.3, 0.4) is 0 Å². The summed E-state index contributed by atoms with van der Waals surface area (Å²) in [6.45, 7) is 0.0302. The molecule has 0 aliphatic rings. The minimum absolute atomic E-state index is 0.0302. The lowest BCUT2D eigenvalue weighted by molar-refractivity contribution is -0.114. The van der Waals surface area contributed by atoms with Crippen LogP contribution in [0.2, 0.25) is 0 Å². The van der Waals surface area contributed by atoms with Gasteiger partial charge >= 0.3 is 0 Å². The minimum atomic E-state index is -2.47. The van der Waals surface area contributed by atoms with Gasteiger partial charge in [0, 0.05) is 16.3 Å². The molecule has 0 saturated carbocycles. The largest absolute Gasteiger partial charge is 0.376 e. The van der Waals surface area contributed by atoms with E-state index in [9.17, 15) is 13.6 Å². The van der Waals surface area contributed by atoms with E-state index in [1.54, 1.807) is 36.4 Å². The van der Waals surface area contributed by atoms with Crippen molar-refractivity contribution in [2.24, 2.45) is 0 Å². The maximum Gasteiger partial charge on any atom is 0.288 e. The molecule has 2 aromatic rings. The van der Waals surface area contributed by atoms with Gasteiger partial charge < -0.3 is 10.6 Å². The Balaban J connectivity index is 1.86. The summed E-state index contributed by atoms with van der Waals surface area (Å²) in [5, 5.41) is 14.4. The van der Waals surface area contributed by atoms with E-state index < -0.39 is 5.76 Å². The van der Waals surface area contributed by atoms with E-state index in [1.807, 2.05) is 6.07 Å². The highest BCUT2D eigenvalue weighted by atomic mass is 32.2. The predicted molar refractivity (Wildman–Crippen MR) is 86.6 cm³/mol. The van der Waals surface area contributed by atoms with Crippen LogP contribution in [0.5, 0.6) is 0 Å². The number of halogens is 2. The number of hydrogen-bond acceptors (Lipinski definition) is 4. The van der Waals surface area contributed by atoms with Crippen LogP contribution in [0, 0.1) is 11.3 Å². The van der Waals surface area contributed by atoms with Gasteiger partial charge in [-0.2, -0.15) is 14.0 Å². The summed E-state index contributed by atoms with van der Waals surface area (Å²) < 4.78 is 24.4. The Morgan fingerprint density at radius 3 is 2.57 bits per heavy atom. The Labute approximate surface area is 136 Å². The monoisotopic (exact) mass is 333 g/mol. The van der Waals surface area contributed by atoms with Crippen molar-refractivity contribution < 1.29 is 13.6 Å². The topological polar surface area (TPSA) is 64.9 Å². The molecule has 0 aliphatic carbocycles. The molecule has 0 heterocycles. The van der Waals surface area contributed by atoms with Gasteiger partial charge in [0.25, 0.3) is 5.76 Å². The summed E-state index contributed by atoms with van der Waals surface area (Å²) in [5.74, 6) is -2.74. The standard InChI is InChI=1S/C16H13F2N3OS/c17-16(18)23-14-6-4-12(5-7-14)21-15(22)10-20-13-3-1-2-11(8-13)9-19/h1-8,16,20H,10H2,(H,21,22). The molecule has 2 aromatic carbocycles. The van der Waals surface area contributed by atoms with Gasteiger partial charge in [0.1, 0.15) is 0 Å². The van der Waals surface area contributed by atoms with Gasteiger partial charge in [-0.25, -0.2) is 0 Å². The van der Waals surface area contributed by atoms with Gasteiger partial charge in [0.15, 0.2) is 0 Å². The lowest BCUT2D eigenvalue weighted by Crippen LogP contribution is -2.21. The molecule has 2 N–H and O–H groups in total. The molecule has 0 atom stereocenters. The van der Waals surface area contributed by atoms with Crippen LogP contribution in [0.1, 0.15) is 5.56 Å². The number of nitriles is 1. The number of carbonyl (C=O) groups is 1. The molecule has 0 bridgehead atoms. The molecule has 0 radical (unpaired) electrons. The second-order valence-electron chi connectivity index (χ2n) is 4.50. The van der Waals surface area contributed by atoms with E-state index in [-0.39, 0.29) is 12.5 Å². The summed E-state index contributed by atoms with van der Waals surface area (Å²) in [7, 11) is 0.